The molecule has 1 N–H and O–H groups in total. The van der Waals surface area contributed by atoms with Crippen LogP contribution in [0.2, 0.25) is 0 Å². The minimum Gasteiger partial charge on any atom is -0.489 e. The standard InChI is InChI=1S/C7H8N2O6/c1-13-5-4(3-8-10)15-7(9(11)12)6(5)14-2/h3,10H,1-2H3. The zero-order chi connectivity index (χ0) is 11.4. The molecule has 1 aromatic rings. The molecule has 15 heavy (non-hydrogen) atoms. The SMILES string of the molecule is COc1c(C=NO)oc([N+](=O)[O-])c1OC. The van der Waals surface area contributed by atoms with Crippen LogP contribution in [0.5, 0.6) is 11.5 Å². The first-order valence-corrected chi connectivity index (χ1v) is 3.72. The van der Waals surface area contributed by atoms with Crippen LogP contribution < -0.4 is 9.47 Å². The Labute approximate surface area is 83.8 Å². The van der Waals surface area contributed by atoms with Crippen LogP contribution in [0, 0.1) is 10.1 Å². The summed E-state index contributed by atoms with van der Waals surface area (Å²) in [6.07, 6.45) is 0.869. The van der Waals surface area contributed by atoms with Crippen molar-refractivity contribution in [1.29, 1.82) is 0 Å². The summed E-state index contributed by atoms with van der Waals surface area (Å²) < 4.78 is 14.3. The molecule has 0 atom stereocenters. The van der Waals surface area contributed by atoms with Crippen LogP contribution in [-0.2, 0) is 0 Å². The Balaban J connectivity index is 3.36. The summed E-state index contributed by atoms with van der Waals surface area (Å²) in [5.41, 5.74) is 0. The summed E-state index contributed by atoms with van der Waals surface area (Å²) in [7, 11) is 2.52. The fourth-order valence-electron chi connectivity index (χ4n) is 1.04. The number of ether oxygens (including phenoxy) is 2. The minimum atomic E-state index is -0.768. The summed E-state index contributed by atoms with van der Waals surface area (Å²) in [5, 5.41) is 21.5. The van der Waals surface area contributed by atoms with E-state index >= 15 is 0 Å². The van der Waals surface area contributed by atoms with Gasteiger partial charge in [0.25, 0.3) is 5.75 Å². The summed E-state index contributed by atoms with van der Waals surface area (Å²) in [5.74, 6) is -0.854. The van der Waals surface area contributed by atoms with E-state index in [1.54, 1.807) is 0 Å². The second kappa shape index (κ2) is 4.31. The van der Waals surface area contributed by atoms with E-state index in [0.717, 1.165) is 6.21 Å². The number of methoxy groups -OCH3 is 2. The number of hydrogen-bond donors (Lipinski definition) is 1. The number of nitrogens with zero attached hydrogens (tertiary/aromatic N) is 2. The zero-order valence-corrected chi connectivity index (χ0v) is 7.96. The lowest BCUT2D eigenvalue weighted by Gasteiger charge is -1.98. The Morgan fingerprint density at radius 3 is 2.47 bits per heavy atom. The van der Waals surface area contributed by atoms with Crippen molar-refractivity contribution in [2.75, 3.05) is 14.2 Å². The number of hydrogen-bond acceptors (Lipinski definition) is 7. The first kappa shape index (κ1) is 10.8. The van der Waals surface area contributed by atoms with Crippen LogP contribution >= 0.6 is 0 Å². The molecule has 1 rings (SSSR count). The zero-order valence-electron chi connectivity index (χ0n) is 7.96. The average Bonchev–Trinajstić information content (AvgIpc) is 2.56. The second-order valence-corrected chi connectivity index (χ2v) is 2.34. The highest BCUT2D eigenvalue weighted by molar-refractivity contribution is 5.82. The third kappa shape index (κ3) is 1.82. The maximum Gasteiger partial charge on any atom is 0.480 e. The van der Waals surface area contributed by atoms with Crippen LogP contribution in [0.1, 0.15) is 5.76 Å². The highest BCUT2D eigenvalue weighted by Crippen LogP contribution is 2.41. The predicted molar refractivity (Wildman–Crippen MR) is 47.8 cm³/mol. The van der Waals surface area contributed by atoms with Crippen molar-refractivity contribution >= 4 is 12.1 Å². The van der Waals surface area contributed by atoms with Crippen LogP contribution in [0.15, 0.2) is 9.57 Å². The number of oxime groups is 1. The van der Waals surface area contributed by atoms with Gasteiger partial charge in [0.15, 0.2) is 0 Å². The largest absolute Gasteiger partial charge is 0.489 e. The molecular formula is C7H8N2O6. The van der Waals surface area contributed by atoms with Crippen molar-refractivity contribution in [3.8, 4) is 11.5 Å². The molecule has 0 aromatic carbocycles. The van der Waals surface area contributed by atoms with Crippen LogP contribution in [0.25, 0.3) is 0 Å². The summed E-state index contributed by atoms with van der Waals surface area (Å²) in [4.78, 5) is 9.77. The Morgan fingerprint density at radius 2 is 2.07 bits per heavy atom. The molecule has 0 fully saturated rings. The van der Waals surface area contributed by atoms with Crippen molar-refractivity contribution in [3.63, 3.8) is 0 Å². The quantitative estimate of drug-likeness (QED) is 0.348. The first-order chi connectivity index (χ1) is 7.15. The van der Waals surface area contributed by atoms with Gasteiger partial charge in [-0.15, -0.1) is 0 Å². The molecule has 8 nitrogen and oxygen atoms in total. The Bertz CT molecular complexity index is 396. The molecule has 0 aliphatic rings. The second-order valence-electron chi connectivity index (χ2n) is 2.34. The molecule has 0 saturated heterocycles. The average molecular weight is 216 g/mol. The summed E-state index contributed by atoms with van der Waals surface area (Å²) in [6, 6.07) is 0. The topological polar surface area (TPSA) is 107 Å². The van der Waals surface area contributed by atoms with E-state index in [1.807, 2.05) is 0 Å². The Kier molecular flexibility index (Phi) is 3.11. The minimum absolute atomic E-state index is 0.00185. The van der Waals surface area contributed by atoms with Crippen LogP contribution in [-0.4, -0.2) is 30.6 Å². The van der Waals surface area contributed by atoms with E-state index in [9.17, 15) is 10.1 Å². The lowest BCUT2D eigenvalue weighted by atomic mass is 10.4. The van der Waals surface area contributed by atoms with E-state index in [1.165, 1.54) is 14.2 Å². The Hall–Kier alpha value is -2.25. The van der Waals surface area contributed by atoms with Crippen molar-refractivity contribution in [3.05, 3.63) is 15.9 Å². The molecule has 0 aliphatic heterocycles. The molecule has 0 saturated carbocycles. The molecule has 0 bridgehead atoms. The van der Waals surface area contributed by atoms with Gasteiger partial charge in [0, 0.05) is 0 Å². The van der Waals surface area contributed by atoms with E-state index in [4.69, 9.17) is 19.1 Å². The van der Waals surface area contributed by atoms with Crippen LogP contribution in [0.3, 0.4) is 0 Å². The first-order valence-electron chi connectivity index (χ1n) is 3.72. The molecule has 0 amide bonds. The maximum atomic E-state index is 10.5. The van der Waals surface area contributed by atoms with Crippen molar-refractivity contribution in [1.82, 2.24) is 0 Å². The van der Waals surface area contributed by atoms with Gasteiger partial charge in [0.2, 0.25) is 11.5 Å². The number of furan rings is 1. The van der Waals surface area contributed by atoms with Gasteiger partial charge in [-0.25, -0.2) is 0 Å². The van der Waals surface area contributed by atoms with Gasteiger partial charge in [0.1, 0.15) is 11.1 Å². The molecule has 0 unspecified atom stereocenters. The molecule has 0 aliphatic carbocycles. The number of nitro groups is 1. The molecule has 8 heteroatoms. The van der Waals surface area contributed by atoms with E-state index in [2.05, 4.69) is 5.16 Å². The van der Waals surface area contributed by atoms with E-state index < -0.39 is 10.8 Å². The summed E-state index contributed by atoms with van der Waals surface area (Å²) in [6.45, 7) is 0. The van der Waals surface area contributed by atoms with Gasteiger partial charge in [0.05, 0.1) is 14.2 Å². The van der Waals surface area contributed by atoms with Crippen molar-refractivity contribution in [2.24, 2.45) is 5.16 Å². The van der Waals surface area contributed by atoms with Gasteiger partial charge < -0.3 is 19.1 Å². The highest BCUT2D eigenvalue weighted by Gasteiger charge is 2.30. The van der Waals surface area contributed by atoms with E-state index in [-0.39, 0.29) is 17.3 Å². The smallest absolute Gasteiger partial charge is 0.480 e. The maximum absolute atomic E-state index is 10.5. The molecule has 0 spiro atoms. The lowest BCUT2D eigenvalue weighted by molar-refractivity contribution is -0.403. The predicted octanol–water partition coefficient (Wildman–Crippen LogP) is 1.01. The summed E-state index contributed by atoms with van der Waals surface area (Å²) >= 11 is 0. The van der Waals surface area contributed by atoms with Gasteiger partial charge in [-0.05, 0) is 0 Å². The third-order valence-corrected chi connectivity index (χ3v) is 1.58. The van der Waals surface area contributed by atoms with Crippen molar-refractivity contribution < 1.29 is 24.0 Å². The molecular weight excluding hydrogens is 208 g/mol. The highest BCUT2D eigenvalue weighted by atomic mass is 16.7. The molecule has 1 aromatic heterocycles. The van der Waals surface area contributed by atoms with Gasteiger partial charge in [-0.3, -0.25) is 10.1 Å². The van der Waals surface area contributed by atoms with E-state index in [0.29, 0.717) is 0 Å². The molecule has 82 valence electrons. The molecule has 0 radical (unpaired) electrons. The fourth-order valence-corrected chi connectivity index (χ4v) is 1.04. The lowest BCUT2D eigenvalue weighted by Crippen LogP contribution is -1.92. The van der Waals surface area contributed by atoms with Gasteiger partial charge in [-0.1, -0.05) is 5.16 Å². The Morgan fingerprint density at radius 1 is 1.47 bits per heavy atom. The normalized spacial score (nSPS) is 10.5. The van der Waals surface area contributed by atoms with Gasteiger partial charge in [-0.2, -0.15) is 0 Å². The van der Waals surface area contributed by atoms with Crippen molar-refractivity contribution in [2.45, 2.75) is 0 Å². The third-order valence-electron chi connectivity index (χ3n) is 1.58. The van der Waals surface area contributed by atoms with Crippen LogP contribution in [0.4, 0.5) is 5.88 Å². The fraction of sp³-hybridized carbons (Fsp3) is 0.286. The number of rotatable bonds is 4. The monoisotopic (exact) mass is 216 g/mol. The van der Waals surface area contributed by atoms with Gasteiger partial charge >= 0.3 is 5.88 Å². The molecule has 1 heterocycles.